The minimum Gasteiger partial charge on any atom is -0.478 e. The van der Waals surface area contributed by atoms with Crippen LogP contribution in [0, 0.1) is 11.8 Å². The van der Waals surface area contributed by atoms with E-state index in [2.05, 4.69) is 0 Å². The number of carboxylic acids is 1. The van der Waals surface area contributed by atoms with Crippen molar-refractivity contribution in [1.82, 2.24) is 0 Å². The van der Waals surface area contributed by atoms with Crippen molar-refractivity contribution in [3.8, 4) is 0 Å². The van der Waals surface area contributed by atoms with Crippen LogP contribution in [0.1, 0.15) is 13.3 Å². The van der Waals surface area contributed by atoms with Crippen molar-refractivity contribution in [3.05, 3.63) is 12.2 Å². The van der Waals surface area contributed by atoms with Crippen molar-refractivity contribution in [1.29, 1.82) is 0 Å². The molecule has 2 atom stereocenters. The molecule has 1 aliphatic rings. The number of hydrogen-bond donors (Lipinski definition) is 1. The van der Waals surface area contributed by atoms with E-state index in [1.54, 1.807) is 13.0 Å². The van der Waals surface area contributed by atoms with E-state index in [1.165, 1.54) is 0 Å². The molecule has 1 fully saturated rings. The van der Waals surface area contributed by atoms with Crippen LogP contribution in [0.15, 0.2) is 12.2 Å². The first-order valence-corrected chi connectivity index (χ1v) is 4.23. The molecule has 4 heteroatoms. The molecule has 1 saturated carbocycles. The van der Waals surface area contributed by atoms with Crippen LogP contribution in [-0.2, 0) is 14.3 Å². The third-order valence-electron chi connectivity index (χ3n) is 1.92. The van der Waals surface area contributed by atoms with E-state index in [1.807, 2.05) is 0 Å². The summed E-state index contributed by atoms with van der Waals surface area (Å²) in [5.41, 5.74) is 0. The van der Waals surface area contributed by atoms with E-state index in [-0.39, 0.29) is 17.8 Å². The molecule has 0 aliphatic heterocycles. The van der Waals surface area contributed by atoms with Crippen molar-refractivity contribution in [2.24, 2.45) is 11.8 Å². The molecule has 0 aromatic heterocycles. The fourth-order valence-electron chi connectivity index (χ4n) is 1.15. The van der Waals surface area contributed by atoms with Gasteiger partial charge in [-0.15, -0.1) is 0 Å². The Bertz CT molecular complexity index is 244. The van der Waals surface area contributed by atoms with E-state index in [0.717, 1.165) is 6.08 Å². The smallest absolute Gasteiger partial charge is 0.327 e. The Morgan fingerprint density at radius 2 is 2.31 bits per heavy atom. The maximum Gasteiger partial charge on any atom is 0.327 e. The monoisotopic (exact) mass is 184 g/mol. The van der Waals surface area contributed by atoms with Gasteiger partial charge >= 0.3 is 11.9 Å². The van der Waals surface area contributed by atoms with Gasteiger partial charge in [0.05, 0.1) is 12.5 Å². The molecule has 72 valence electrons. The lowest BCUT2D eigenvalue weighted by molar-refractivity contribution is -0.145. The molecule has 0 aromatic carbocycles. The Kier molecular flexibility index (Phi) is 3.06. The van der Waals surface area contributed by atoms with Crippen LogP contribution < -0.4 is 0 Å². The summed E-state index contributed by atoms with van der Waals surface area (Å²) in [7, 11) is 0. The van der Waals surface area contributed by atoms with E-state index in [9.17, 15) is 9.59 Å². The molecule has 0 amide bonds. The number of aliphatic carboxylic acids is 1. The number of esters is 1. The lowest BCUT2D eigenvalue weighted by Gasteiger charge is -1.97. The Morgan fingerprint density at radius 3 is 2.85 bits per heavy atom. The highest BCUT2D eigenvalue weighted by Gasteiger charge is 2.42. The number of allylic oxidation sites excluding steroid dienone is 1. The summed E-state index contributed by atoms with van der Waals surface area (Å²) < 4.78 is 4.78. The van der Waals surface area contributed by atoms with Crippen LogP contribution in [0.4, 0.5) is 0 Å². The predicted molar refractivity (Wildman–Crippen MR) is 45.0 cm³/mol. The molecule has 0 saturated heterocycles. The molecule has 1 rings (SSSR count). The minimum atomic E-state index is -0.977. The zero-order valence-electron chi connectivity index (χ0n) is 7.40. The lowest BCUT2D eigenvalue weighted by Crippen LogP contribution is -2.07. The van der Waals surface area contributed by atoms with Crippen LogP contribution in [0.3, 0.4) is 0 Å². The molecular weight excluding hydrogens is 172 g/mol. The van der Waals surface area contributed by atoms with Gasteiger partial charge in [0.1, 0.15) is 0 Å². The molecule has 13 heavy (non-hydrogen) atoms. The van der Waals surface area contributed by atoms with Crippen LogP contribution in [0.2, 0.25) is 0 Å². The van der Waals surface area contributed by atoms with Crippen molar-refractivity contribution in [2.75, 3.05) is 6.61 Å². The quantitative estimate of drug-likeness (QED) is 0.519. The zero-order chi connectivity index (χ0) is 9.84. The molecule has 1 N–H and O–H groups in total. The van der Waals surface area contributed by atoms with Crippen LogP contribution in [0.25, 0.3) is 0 Å². The van der Waals surface area contributed by atoms with Crippen LogP contribution in [-0.4, -0.2) is 23.7 Å². The highest BCUT2D eigenvalue weighted by Crippen LogP contribution is 2.40. The number of carboxylic acid groups (broad SMARTS) is 1. The molecule has 0 aromatic rings. The number of rotatable bonds is 4. The predicted octanol–water partition coefficient (Wildman–Crippen LogP) is 0.826. The van der Waals surface area contributed by atoms with Gasteiger partial charge in [-0.2, -0.15) is 0 Å². The van der Waals surface area contributed by atoms with Crippen molar-refractivity contribution in [2.45, 2.75) is 13.3 Å². The van der Waals surface area contributed by atoms with Crippen molar-refractivity contribution >= 4 is 11.9 Å². The maximum atomic E-state index is 11.1. The van der Waals surface area contributed by atoms with Gasteiger partial charge in [-0.25, -0.2) is 4.79 Å². The second-order valence-corrected chi connectivity index (χ2v) is 2.96. The summed E-state index contributed by atoms with van der Waals surface area (Å²) in [6.45, 7) is 2.13. The summed E-state index contributed by atoms with van der Waals surface area (Å²) in [5, 5.41) is 8.32. The SMILES string of the molecule is CCOC(=O)[C@@H]1C[C@H]1/C=C/C(=O)O. The van der Waals surface area contributed by atoms with Crippen LogP contribution in [0.5, 0.6) is 0 Å². The van der Waals surface area contributed by atoms with Gasteiger partial charge in [0, 0.05) is 6.08 Å². The molecule has 1 aliphatic carbocycles. The van der Waals surface area contributed by atoms with E-state index in [0.29, 0.717) is 13.0 Å². The van der Waals surface area contributed by atoms with Gasteiger partial charge in [0.2, 0.25) is 0 Å². The topological polar surface area (TPSA) is 63.6 Å². The number of ether oxygens (including phenoxy) is 1. The molecule has 0 bridgehead atoms. The summed E-state index contributed by atoms with van der Waals surface area (Å²) in [6, 6.07) is 0. The van der Waals surface area contributed by atoms with Gasteiger partial charge < -0.3 is 9.84 Å². The van der Waals surface area contributed by atoms with Gasteiger partial charge in [-0.1, -0.05) is 6.08 Å². The number of hydrogen-bond acceptors (Lipinski definition) is 3. The van der Waals surface area contributed by atoms with Crippen molar-refractivity contribution in [3.63, 3.8) is 0 Å². The minimum absolute atomic E-state index is 0.0650. The highest BCUT2D eigenvalue weighted by atomic mass is 16.5. The first-order chi connectivity index (χ1) is 6.15. The van der Waals surface area contributed by atoms with Crippen molar-refractivity contribution < 1.29 is 19.4 Å². The number of carbonyl (C=O) groups excluding carboxylic acids is 1. The fraction of sp³-hybridized carbons (Fsp3) is 0.556. The largest absolute Gasteiger partial charge is 0.478 e. The van der Waals surface area contributed by atoms with Gasteiger partial charge in [0.15, 0.2) is 0 Å². The molecular formula is C9H12O4. The average Bonchev–Trinajstić information content (AvgIpc) is 2.80. The maximum absolute atomic E-state index is 11.1. The number of carbonyl (C=O) groups is 2. The Labute approximate surface area is 76.2 Å². The Hall–Kier alpha value is -1.32. The van der Waals surface area contributed by atoms with Gasteiger partial charge in [-0.05, 0) is 19.3 Å². The first-order valence-electron chi connectivity index (χ1n) is 4.23. The Morgan fingerprint density at radius 1 is 1.62 bits per heavy atom. The third-order valence-corrected chi connectivity index (χ3v) is 1.92. The zero-order valence-corrected chi connectivity index (χ0v) is 7.40. The molecule has 0 unspecified atom stereocenters. The second kappa shape index (κ2) is 4.07. The molecule has 4 nitrogen and oxygen atoms in total. The van der Waals surface area contributed by atoms with E-state index >= 15 is 0 Å². The first kappa shape index (κ1) is 9.77. The normalized spacial score (nSPS) is 25.9. The van der Waals surface area contributed by atoms with Gasteiger partial charge in [-0.3, -0.25) is 4.79 Å². The second-order valence-electron chi connectivity index (χ2n) is 2.96. The van der Waals surface area contributed by atoms with E-state index in [4.69, 9.17) is 9.84 Å². The molecule has 0 radical (unpaired) electrons. The lowest BCUT2D eigenvalue weighted by atomic mass is 10.3. The molecule has 0 spiro atoms. The summed E-state index contributed by atoms with van der Waals surface area (Å²) in [4.78, 5) is 21.2. The highest BCUT2D eigenvalue weighted by molar-refractivity contribution is 5.81. The summed E-state index contributed by atoms with van der Waals surface area (Å²) >= 11 is 0. The van der Waals surface area contributed by atoms with Gasteiger partial charge in [0.25, 0.3) is 0 Å². The Balaban J connectivity index is 2.30. The summed E-state index contributed by atoms with van der Waals surface area (Å²) in [6.07, 6.45) is 3.33. The van der Waals surface area contributed by atoms with E-state index < -0.39 is 5.97 Å². The molecule has 0 heterocycles. The average molecular weight is 184 g/mol. The van der Waals surface area contributed by atoms with Crippen LogP contribution >= 0.6 is 0 Å². The fourth-order valence-corrected chi connectivity index (χ4v) is 1.15. The summed E-state index contributed by atoms with van der Waals surface area (Å²) in [5.74, 6) is -1.25. The standard InChI is InChI=1S/C9H12O4/c1-2-13-9(12)7-5-6(7)3-4-8(10)11/h3-4,6-7H,2,5H2,1H3,(H,10,11)/b4-3+/t6-,7-/m1/s1. The third kappa shape index (κ3) is 2.89.